The summed E-state index contributed by atoms with van der Waals surface area (Å²) in [6, 6.07) is 29.2. The molecule has 0 spiro atoms. The van der Waals surface area contributed by atoms with Crippen LogP contribution in [0.4, 0.5) is 22.7 Å². The second kappa shape index (κ2) is 10.9. The number of allylic oxidation sites excluding steroid dienone is 2. The van der Waals surface area contributed by atoms with E-state index >= 15 is 0 Å². The first-order valence-corrected chi connectivity index (χ1v) is 15.9. The number of benzene rings is 3. The number of carbonyl (C=O) groups excluding carboxylic acids is 4. The lowest BCUT2D eigenvalue weighted by Crippen LogP contribution is -2.48. The standard InChI is InChI=1S/C38H33N3O6/c1-38-30(35(44)41(37(38)46)24-10-6-3-7-11-24)20-29-27(33(38)31-19-16-26(21-42)47-31)17-18-28-32(29)36(45)40(34(28)43)25-14-12-23(13-15-25)39-22-8-4-2-5-9-22/h2-17,19,28-30,32-33,39,42H,18,20-21H2,1H3. The third kappa shape index (κ3) is 4.33. The first-order valence-electron chi connectivity index (χ1n) is 15.9. The van der Waals surface area contributed by atoms with Gasteiger partial charge in [0, 0.05) is 11.4 Å². The molecule has 1 saturated carbocycles. The molecule has 2 aliphatic carbocycles. The van der Waals surface area contributed by atoms with E-state index in [1.54, 1.807) is 48.5 Å². The second-order valence-electron chi connectivity index (χ2n) is 13.0. The summed E-state index contributed by atoms with van der Waals surface area (Å²) in [5.74, 6) is -3.51. The van der Waals surface area contributed by atoms with E-state index in [0.29, 0.717) is 29.3 Å². The predicted molar refractivity (Wildman–Crippen MR) is 174 cm³/mol. The molecule has 2 N–H and O–H groups in total. The highest BCUT2D eigenvalue weighted by Crippen LogP contribution is 2.63. The third-order valence-electron chi connectivity index (χ3n) is 10.6. The molecule has 236 valence electrons. The van der Waals surface area contributed by atoms with Crippen molar-refractivity contribution in [3.63, 3.8) is 0 Å². The Balaban J connectivity index is 1.16. The lowest BCUT2D eigenvalue weighted by Gasteiger charge is -2.48. The van der Waals surface area contributed by atoms with Crippen LogP contribution in [-0.4, -0.2) is 28.7 Å². The van der Waals surface area contributed by atoms with Gasteiger partial charge in [0.1, 0.15) is 18.1 Å². The fourth-order valence-corrected chi connectivity index (χ4v) is 8.41. The fraction of sp³-hybridized carbons (Fsp3) is 0.263. The van der Waals surface area contributed by atoms with E-state index in [0.717, 1.165) is 16.9 Å². The summed E-state index contributed by atoms with van der Waals surface area (Å²) in [4.78, 5) is 59.4. The molecule has 0 radical (unpaired) electrons. The molecule has 6 unspecified atom stereocenters. The van der Waals surface area contributed by atoms with Gasteiger partial charge in [-0.2, -0.15) is 0 Å². The van der Waals surface area contributed by atoms with Gasteiger partial charge in [-0.05, 0) is 86.3 Å². The van der Waals surface area contributed by atoms with Crippen molar-refractivity contribution in [2.45, 2.75) is 32.3 Å². The van der Waals surface area contributed by atoms with Gasteiger partial charge in [0.15, 0.2) is 0 Å². The van der Waals surface area contributed by atoms with Crippen LogP contribution >= 0.6 is 0 Å². The van der Waals surface area contributed by atoms with Gasteiger partial charge in [-0.15, -0.1) is 0 Å². The van der Waals surface area contributed by atoms with Crippen molar-refractivity contribution in [3.8, 4) is 0 Å². The van der Waals surface area contributed by atoms with Crippen LogP contribution in [0.25, 0.3) is 0 Å². The van der Waals surface area contributed by atoms with E-state index in [-0.39, 0.29) is 36.7 Å². The van der Waals surface area contributed by atoms with Gasteiger partial charge in [0.05, 0.1) is 40.5 Å². The molecule has 1 aromatic heterocycles. The summed E-state index contributed by atoms with van der Waals surface area (Å²) in [6.07, 6.45) is 2.58. The van der Waals surface area contributed by atoms with Gasteiger partial charge in [-0.3, -0.25) is 24.1 Å². The number of para-hydroxylation sites is 2. The lowest BCUT2D eigenvalue weighted by atomic mass is 9.52. The van der Waals surface area contributed by atoms with E-state index in [2.05, 4.69) is 5.32 Å². The number of hydrogen-bond donors (Lipinski definition) is 2. The molecule has 9 heteroatoms. The minimum absolute atomic E-state index is 0.258. The number of amides is 4. The Hall–Kier alpha value is -5.28. The van der Waals surface area contributed by atoms with Crippen molar-refractivity contribution in [2.75, 3.05) is 15.1 Å². The van der Waals surface area contributed by atoms with Gasteiger partial charge in [0.25, 0.3) is 0 Å². The Kier molecular flexibility index (Phi) is 6.77. The zero-order valence-electron chi connectivity index (χ0n) is 25.7. The maximum absolute atomic E-state index is 14.4. The second-order valence-corrected chi connectivity index (χ2v) is 13.0. The van der Waals surface area contributed by atoms with Gasteiger partial charge in [-0.25, -0.2) is 4.90 Å². The van der Waals surface area contributed by atoms with Crippen LogP contribution in [0.15, 0.2) is 113 Å². The summed E-state index contributed by atoms with van der Waals surface area (Å²) in [7, 11) is 0. The number of imide groups is 2. The first-order chi connectivity index (χ1) is 22.8. The van der Waals surface area contributed by atoms with Gasteiger partial charge in [-0.1, -0.05) is 48.0 Å². The minimum atomic E-state index is -1.19. The molecular weight excluding hydrogens is 594 g/mol. The van der Waals surface area contributed by atoms with E-state index in [9.17, 15) is 24.3 Å². The highest BCUT2D eigenvalue weighted by Gasteiger charge is 2.68. The molecule has 0 bridgehead atoms. The van der Waals surface area contributed by atoms with E-state index in [4.69, 9.17) is 4.42 Å². The Bertz CT molecular complexity index is 1930. The largest absolute Gasteiger partial charge is 0.463 e. The number of furan rings is 1. The molecule has 3 aromatic carbocycles. The van der Waals surface area contributed by atoms with Crippen molar-refractivity contribution in [1.82, 2.24) is 0 Å². The van der Waals surface area contributed by atoms with Crippen LogP contribution in [0.2, 0.25) is 0 Å². The number of nitrogens with one attached hydrogen (secondary N) is 1. The van der Waals surface area contributed by atoms with Crippen LogP contribution in [0.5, 0.6) is 0 Å². The molecule has 47 heavy (non-hydrogen) atoms. The maximum atomic E-state index is 14.4. The van der Waals surface area contributed by atoms with Crippen LogP contribution < -0.4 is 15.1 Å². The Morgan fingerprint density at radius 1 is 0.766 bits per heavy atom. The van der Waals surface area contributed by atoms with Crippen molar-refractivity contribution in [3.05, 3.63) is 120 Å². The maximum Gasteiger partial charge on any atom is 0.241 e. The van der Waals surface area contributed by atoms with Crippen LogP contribution in [0, 0.1) is 29.1 Å². The lowest BCUT2D eigenvalue weighted by molar-refractivity contribution is -0.131. The quantitative estimate of drug-likeness (QED) is 0.200. The third-order valence-corrected chi connectivity index (χ3v) is 10.6. The average molecular weight is 628 g/mol. The number of aliphatic hydroxyl groups excluding tert-OH is 1. The molecule has 4 aromatic rings. The van der Waals surface area contributed by atoms with Gasteiger partial charge < -0.3 is 14.8 Å². The topological polar surface area (TPSA) is 120 Å². The summed E-state index contributed by atoms with van der Waals surface area (Å²) in [6.45, 7) is 1.50. The van der Waals surface area contributed by atoms with Crippen molar-refractivity contribution in [2.24, 2.45) is 29.1 Å². The van der Waals surface area contributed by atoms with E-state index in [1.165, 1.54) is 9.80 Å². The first kappa shape index (κ1) is 29.1. The van der Waals surface area contributed by atoms with Gasteiger partial charge in [0.2, 0.25) is 23.6 Å². The number of fused-ring (bicyclic) bond motifs is 4. The smallest absolute Gasteiger partial charge is 0.241 e. The Morgan fingerprint density at radius 2 is 1.43 bits per heavy atom. The minimum Gasteiger partial charge on any atom is -0.463 e. The number of carbonyl (C=O) groups is 4. The van der Waals surface area contributed by atoms with Crippen LogP contribution in [0.3, 0.4) is 0 Å². The van der Waals surface area contributed by atoms with E-state index in [1.807, 2.05) is 61.5 Å². The Labute approximate surface area is 271 Å². The summed E-state index contributed by atoms with van der Waals surface area (Å²) in [5, 5.41) is 13.1. The number of rotatable bonds is 6. The molecular formula is C38H33N3O6. The molecule has 6 atom stereocenters. The number of aliphatic hydroxyl groups is 1. The molecule has 2 saturated heterocycles. The van der Waals surface area contributed by atoms with Crippen molar-refractivity contribution >= 4 is 46.4 Å². The molecule has 9 nitrogen and oxygen atoms in total. The number of nitrogens with zero attached hydrogens (tertiary/aromatic N) is 2. The SMILES string of the molecule is CC12C(=O)N(c3ccccc3)C(=O)C1CC1C(=CCC3C(=O)N(c4ccc(Nc5ccccc5)cc4)C(=O)C31)C2c1ccc(CO)o1. The molecule has 2 aliphatic heterocycles. The van der Waals surface area contributed by atoms with Crippen LogP contribution in [-0.2, 0) is 25.8 Å². The zero-order valence-corrected chi connectivity index (χ0v) is 25.7. The van der Waals surface area contributed by atoms with Crippen molar-refractivity contribution < 1.29 is 28.7 Å². The highest BCUT2D eigenvalue weighted by molar-refractivity contribution is 6.25. The normalized spacial score (nSPS) is 28.2. The van der Waals surface area contributed by atoms with E-state index < -0.39 is 35.0 Å². The predicted octanol–water partition coefficient (Wildman–Crippen LogP) is 5.95. The molecule has 3 fully saturated rings. The fourth-order valence-electron chi connectivity index (χ4n) is 8.41. The monoisotopic (exact) mass is 627 g/mol. The number of anilines is 4. The molecule has 3 heterocycles. The highest BCUT2D eigenvalue weighted by atomic mass is 16.4. The molecule has 4 amide bonds. The Morgan fingerprint density at radius 3 is 2.11 bits per heavy atom. The van der Waals surface area contributed by atoms with Crippen LogP contribution in [0.1, 0.15) is 37.2 Å². The summed E-state index contributed by atoms with van der Waals surface area (Å²) in [5.41, 5.74) is 2.37. The molecule has 8 rings (SSSR count). The summed E-state index contributed by atoms with van der Waals surface area (Å²) >= 11 is 0. The molecule has 4 aliphatic rings. The van der Waals surface area contributed by atoms with Gasteiger partial charge >= 0.3 is 0 Å². The zero-order chi connectivity index (χ0) is 32.4. The van der Waals surface area contributed by atoms with Crippen molar-refractivity contribution in [1.29, 1.82) is 0 Å². The summed E-state index contributed by atoms with van der Waals surface area (Å²) < 4.78 is 6.08. The number of hydrogen-bond acceptors (Lipinski definition) is 7. The average Bonchev–Trinajstić information content (AvgIpc) is 3.72.